The number of nitro groups is 1. The lowest BCUT2D eigenvalue weighted by Gasteiger charge is -1.92. The molecule has 0 aliphatic carbocycles. The Labute approximate surface area is 71.1 Å². The standard InChI is InChI=1S/C5H6BrN3O2/c6-2-1-4-3-7-8-5(4)9(10)11/h3H,1-2H2,(H,7,8). The zero-order valence-electron chi connectivity index (χ0n) is 5.58. The summed E-state index contributed by atoms with van der Waals surface area (Å²) >= 11 is 3.19. The van der Waals surface area contributed by atoms with E-state index in [0.717, 1.165) is 0 Å². The fourth-order valence-electron chi connectivity index (χ4n) is 0.747. The molecule has 0 saturated heterocycles. The fourth-order valence-corrected chi connectivity index (χ4v) is 1.17. The number of hydrogen-bond acceptors (Lipinski definition) is 3. The molecule has 1 heterocycles. The second-order valence-corrected chi connectivity index (χ2v) is 2.73. The van der Waals surface area contributed by atoms with E-state index in [2.05, 4.69) is 26.1 Å². The van der Waals surface area contributed by atoms with Gasteiger partial charge < -0.3 is 10.1 Å². The van der Waals surface area contributed by atoms with Gasteiger partial charge in [-0.15, -0.1) is 5.10 Å². The highest BCUT2D eigenvalue weighted by Crippen LogP contribution is 2.14. The van der Waals surface area contributed by atoms with Crippen LogP contribution in [0.5, 0.6) is 0 Å². The number of hydrogen-bond donors (Lipinski definition) is 1. The van der Waals surface area contributed by atoms with Crippen molar-refractivity contribution in [2.75, 3.05) is 5.33 Å². The van der Waals surface area contributed by atoms with Crippen LogP contribution in [0, 0.1) is 10.1 Å². The van der Waals surface area contributed by atoms with Crippen LogP contribution in [-0.4, -0.2) is 20.5 Å². The summed E-state index contributed by atoms with van der Waals surface area (Å²) in [6.07, 6.45) is 2.09. The van der Waals surface area contributed by atoms with E-state index >= 15 is 0 Å². The molecule has 0 amide bonds. The van der Waals surface area contributed by atoms with Crippen LogP contribution in [0.1, 0.15) is 5.56 Å². The molecule has 0 aliphatic rings. The number of halogens is 1. The molecule has 0 saturated carbocycles. The van der Waals surface area contributed by atoms with E-state index in [9.17, 15) is 10.1 Å². The lowest BCUT2D eigenvalue weighted by Crippen LogP contribution is -1.93. The number of aromatic nitrogens is 2. The lowest BCUT2D eigenvalue weighted by atomic mass is 10.3. The Morgan fingerprint density at radius 1 is 1.82 bits per heavy atom. The predicted molar refractivity (Wildman–Crippen MR) is 42.7 cm³/mol. The molecular formula is C5H6BrN3O2. The molecule has 1 aromatic heterocycles. The Morgan fingerprint density at radius 2 is 2.55 bits per heavy atom. The summed E-state index contributed by atoms with van der Waals surface area (Å²) in [5.41, 5.74) is 0.631. The number of rotatable bonds is 3. The maximum atomic E-state index is 10.3. The van der Waals surface area contributed by atoms with Crippen LogP contribution in [0.3, 0.4) is 0 Å². The van der Waals surface area contributed by atoms with Gasteiger partial charge in [-0.25, -0.2) is 0 Å². The molecule has 0 unspecified atom stereocenters. The second kappa shape index (κ2) is 3.47. The average molecular weight is 220 g/mol. The van der Waals surface area contributed by atoms with Gasteiger partial charge in [0, 0.05) is 5.33 Å². The summed E-state index contributed by atoms with van der Waals surface area (Å²) < 4.78 is 0. The summed E-state index contributed by atoms with van der Waals surface area (Å²) in [6, 6.07) is 0. The van der Waals surface area contributed by atoms with Crippen molar-refractivity contribution in [1.82, 2.24) is 10.2 Å². The smallest absolute Gasteiger partial charge is 0.345 e. The molecule has 5 nitrogen and oxygen atoms in total. The van der Waals surface area contributed by atoms with Crippen molar-refractivity contribution in [1.29, 1.82) is 0 Å². The van der Waals surface area contributed by atoms with Crippen LogP contribution in [0.15, 0.2) is 6.20 Å². The molecule has 6 heteroatoms. The number of aryl methyl sites for hydroxylation is 1. The third-order valence-corrected chi connectivity index (χ3v) is 1.64. The van der Waals surface area contributed by atoms with Crippen molar-refractivity contribution in [2.24, 2.45) is 0 Å². The van der Waals surface area contributed by atoms with Gasteiger partial charge in [-0.1, -0.05) is 21.0 Å². The van der Waals surface area contributed by atoms with Gasteiger partial charge in [-0.2, -0.15) is 0 Å². The van der Waals surface area contributed by atoms with Crippen molar-refractivity contribution in [2.45, 2.75) is 6.42 Å². The van der Waals surface area contributed by atoms with Crippen molar-refractivity contribution < 1.29 is 4.92 Å². The summed E-state index contributed by atoms with van der Waals surface area (Å²) in [5, 5.41) is 16.9. The Morgan fingerprint density at radius 3 is 3.09 bits per heavy atom. The van der Waals surface area contributed by atoms with Gasteiger partial charge in [0.05, 0.1) is 11.8 Å². The van der Waals surface area contributed by atoms with Gasteiger partial charge in [0.2, 0.25) is 0 Å². The molecule has 1 rings (SSSR count). The number of aromatic amines is 1. The summed E-state index contributed by atoms with van der Waals surface area (Å²) in [6.45, 7) is 0. The molecule has 0 radical (unpaired) electrons. The highest BCUT2D eigenvalue weighted by atomic mass is 79.9. The Hall–Kier alpha value is -0.910. The van der Waals surface area contributed by atoms with Crippen LogP contribution < -0.4 is 0 Å². The first-order valence-corrected chi connectivity index (χ1v) is 4.10. The normalized spacial score (nSPS) is 9.91. The third kappa shape index (κ3) is 1.76. The molecule has 11 heavy (non-hydrogen) atoms. The quantitative estimate of drug-likeness (QED) is 0.473. The van der Waals surface area contributed by atoms with Crippen molar-refractivity contribution >= 4 is 21.7 Å². The maximum Gasteiger partial charge on any atom is 0.345 e. The van der Waals surface area contributed by atoms with Gasteiger partial charge in [0.25, 0.3) is 0 Å². The molecule has 60 valence electrons. The van der Waals surface area contributed by atoms with E-state index < -0.39 is 4.92 Å². The van der Waals surface area contributed by atoms with E-state index in [1.54, 1.807) is 0 Å². The van der Waals surface area contributed by atoms with E-state index in [4.69, 9.17) is 0 Å². The van der Waals surface area contributed by atoms with Crippen molar-refractivity contribution in [3.05, 3.63) is 21.9 Å². The van der Waals surface area contributed by atoms with Crippen molar-refractivity contribution in [3.8, 4) is 0 Å². The molecule has 0 spiro atoms. The number of nitrogens with zero attached hydrogens (tertiary/aromatic N) is 2. The van der Waals surface area contributed by atoms with Gasteiger partial charge in [0.15, 0.2) is 0 Å². The number of nitrogens with one attached hydrogen (secondary N) is 1. The molecule has 0 bridgehead atoms. The van der Waals surface area contributed by atoms with Gasteiger partial charge >= 0.3 is 5.82 Å². The van der Waals surface area contributed by atoms with E-state index in [1.807, 2.05) is 0 Å². The largest absolute Gasteiger partial charge is 0.358 e. The molecule has 0 aliphatic heterocycles. The van der Waals surface area contributed by atoms with Crippen LogP contribution in [0.4, 0.5) is 5.82 Å². The van der Waals surface area contributed by atoms with E-state index in [1.165, 1.54) is 6.20 Å². The minimum absolute atomic E-state index is 0.00977. The van der Waals surface area contributed by atoms with Crippen LogP contribution >= 0.6 is 15.9 Å². The number of alkyl halides is 1. The highest BCUT2D eigenvalue weighted by molar-refractivity contribution is 9.09. The topological polar surface area (TPSA) is 71.8 Å². The first-order chi connectivity index (χ1) is 5.25. The van der Waals surface area contributed by atoms with Crippen LogP contribution in [0.25, 0.3) is 0 Å². The minimum Gasteiger partial charge on any atom is -0.358 e. The summed E-state index contributed by atoms with van der Waals surface area (Å²) in [7, 11) is 0. The zero-order valence-corrected chi connectivity index (χ0v) is 7.17. The Balaban J connectivity index is 2.87. The van der Waals surface area contributed by atoms with E-state index in [-0.39, 0.29) is 5.82 Å². The van der Waals surface area contributed by atoms with Gasteiger partial charge in [-0.3, -0.25) is 0 Å². The molecule has 1 aromatic rings. The van der Waals surface area contributed by atoms with Crippen LogP contribution in [0.2, 0.25) is 0 Å². The molecule has 0 atom stereocenters. The molecule has 0 aromatic carbocycles. The zero-order chi connectivity index (χ0) is 8.27. The van der Waals surface area contributed by atoms with Crippen LogP contribution in [-0.2, 0) is 6.42 Å². The molecule has 1 N–H and O–H groups in total. The Kier molecular flexibility index (Phi) is 2.58. The third-order valence-electron chi connectivity index (χ3n) is 1.24. The highest BCUT2D eigenvalue weighted by Gasteiger charge is 2.12. The van der Waals surface area contributed by atoms with Crippen molar-refractivity contribution in [3.63, 3.8) is 0 Å². The molecular weight excluding hydrogens is 214 g/mol. The fraction of sp³-hybridized carbons (Fsp3) is 0.400. The van der Waals surface area contributed by atoms with Gasteiger partial charge in [0.1, 0.15) is 0 Å². The first-order valence-electron chi connectivity index (χ1n) is 2.98. The SMILES string of the molecule is O=[N+]([O-])c1[nH]ncc1CCBr. The summed E-state index contributed by atoms with van der Waals surface area (Å²) in [4.78, 5) is 9.81. The Bertz CT molecular complexity index is 260. The first kappa shape index (κ1) is 8.19. The summed E-state index contributed by atoms with van der Waals surface area (Å²) in [5.74, 6) is -0.00977. The maximum absolute atomic E-state index is 10.3. The molecule has 0 fully saturated rings. The lowest BCUT2D eigenvalue weighted by molar-refractivity contribution is -0.390. The predicted octanol–water partition coefficient (Wildman–Crippen LogP) is 1.26. The monoisotopic (exact) mass is 219 g/mol. The van der Waals surface area contributed by atoms with E-state index in [0.29, 0.717) is 17.3 Å². The second-order valence-electron chi connectivity index (χ2n) is 1.94. The minimum atomic E-state index is -0.467. The van der Waals surface area contributed by atoms with Gasteiger partial charge in [-0.05, 0) is 11.3 Å². The average Bonchev–Trinajstić information content (AvgIpc) is 2.36. The number of H-pyrrole nitrogens is 1.